The number of rotatable bonds is 3. The fraction of sp³-hybridized carbons (Fsp3) is 0.333. The first-order chi connectivity index (χ1) is 7.69. The van der Waals surface area contributed by atoms with Crippen LogP contribution in [0.3, 0.4) is 0 Å². The van der Waals surface area contributed by atoms with Crippen LogP contribution < -0.4 is 0 Å². The molecule has 84 valence electrons. The Labute approximate surface area is 94.6 Å². The molecule has 0 bridgehead atoms. The van der Waals surface area contributed by atoms with E-state index >= 15 is 0 Å². The molecule has 0 aliphatic carbocycles. The van der Waals surface area contributed by atoms with Crippen molar-refractivity contribution in [3.05, 3.63) is 47.0 Å². The van der Waals surface area contributed by atoms with Gasteiger partial charge in [-0.15, -0.1) is 0 Å². The Morgan fingerprint density at radius 2 is 1.75 bits per heavy atom. The zero-order valence-electron chi connectivity index (χ0n) is 9.51. The molecule has 1 aromatic heterocycles. The summed E-state index contributed by atoms with van der Waals surface area (Å²) in [5, 5.41) is 13.2. The Balaban J connectivity index is 2.17. The van der Waals surface area contributed by atoms with Gasteiger partial charge in [-0.3, -0.25) is 0 Å². The topological polar surface area (TPSA) is 50.9 Å². The normalized spacial score (nSPS) is 10.7. The lowest BCUT2D eigenvalue weighted by Crippen LogP contribution is -2.04. The number of hydrogen-bond acceptors (Lipinski definition) is 3. The summed E-state index contributed by atoms with van der Waals surface area (Å²) in [7, 11) is 0. The Morgan fingerprint density at radius 3 is 2.25 bits per heavy atom. The summed E-state index contributed by atoms with van der Waals surface area (Å²) in [6.07, 6.45) is 0. The third-order valence-corrected chi connectivity index (χ3v) is 2.50. The lowest BCUT2D eigenvalue weighted by atomic mass is 10.1. The molecule has 0 saturated heterocycles. The molecule has 2 aromatic rings. The first-order valence-corrected chi connectivity index (χ1v) is 5.26. The van der Waals surface area contributed by atoms with Gasteiger partial charge in [-0.05, 0) is 25.0 Å². The van der Waals surface area contributed by atoms with Crippen LogP contribution in [0.2, 0.25) is 0 Å². The molecule has 1 N–H and O–H groups in total. The van der Waals surface area contributed by atoms with Crippen LogP contribution in [0, 0.1) is 13.8 Å². The van der Waals surface area contributed by atoms with Crippen molar-refractivity contribution in [2.45, 2.75) is 27.0 Å². The maximum atomic E-state index is 8.94. The number of aliphatic hydroxyl groups excluding tert-OH is 1. The predicted molar refractivity (Wildman–Crippen MR) is 61.0 cm³/mol. The van der Waals surface area contributed by atoms with Crippen LogP contribution in [0.1, 0.15) is 22.8 Å². The van der Waals surface area contributed by atoms with Crippen molar-refractivity contribution >= 4 is 0 Å². The number of nitrogens with zero attached hydrogens (tertiary/aromatic N) is 3. The molecule has 0 atom stereocenters. The molecular formula is C12H15N3O. The molecule has 0 radical (unpaired) electrons. The summed E-state index contributed by atoms with van der Waals surface area (Å²) in [5.74, 6) is 1.72. The van der Waals surface area contributed by atoms with Gasteiger partial charge in [0.05, 0.1) is 13.2 Å². The Kier molecular flexibility index (Phi) is 3.01. The Hall–Kier alpha value is -1.68. The van der Waals surface area contributed by atoms with E-state index in [-0.39, 0.29) is 6.61 Å². The zero-order valence-corrected chi connectivity index (χ0v) is 9.51. The van der Waals surface area contributed by atoms with Gasteiger partial charge in [-0.25, -0.2) is 9.67 Å². The maximum absolute atomic E-state index is 8.94. The van der Waals surface area contributed by atoms with E-state index in [0.29, 0.717) is 0 Å². The van der Waals surface area contributed by atoms with E-state index in [2.05, 4.69) is 10.1 Å². The molecule has 1 aromatic carbocycles. The highest BCUT2D eigenvalue weighted by atomic mass is 16.3. The van der Waals surface area contributed by atoms with E-state index in [1.807, 2.05) is 42.8 Å². The van der Waals surface area contributed by atoms with Crippen LogP contribution in [-0.2, 0) is 13.2 Å². The van der Waals surface area contributed by atoms with Crippen molar-refractivity contribution in [2.24, 2.45) is 0 Å². The number of aryl methyl sites for hydroxylation is 2. The predicted octanol–water partition coefficient (Wildman–Crippen LogP) is 1.44. The Bertz CT molecular complexity index is 474. The highest BCUT2D eigenvalue weighted by Gasteiger charge is 2.03. The lowest BCUT2D eigenvalue weighted by Gasteiger charge is -2.04. The van der Waals surface area contributed by atoms with Crippen LogP contribution in [0.15, 0.2) is 24.3 Å². The van der Waals surface area contributed by atoms with Gasteiger partial charge in [-0.1, -0.05) is 24.3 Å². The van der Waals surface area contributed by atoms with Crippen LogP contribution in [0.4, 0.5) is 0 Å². The second kappa shape index (κ2) is 4.45. The second-order valence-corrected chi connectivity index (χ2v) is 3.84. The molecule has 0 fully saturated rings. The van der Waals surface area contributed by atoms with E-state index in [1.54, 1.807) is 0 Å². The molecule has 0 aliphatic heterocycles. The van der Waals surface area contributed by atoms with Crippen molar-refractivity contribution < 1.29 is 5.11 Å². The van der Waals surface area contributed by atoms with Crippen molar-refractivity contribution in [3.63, 3.8) is 0 Å². The fourth-order valence-electron chi connectivity index (χ4n) is 1.63. The molecule has 4 heteroatoms. The van der Waals surface area contributed by atoms with Crippen LogP contribution in [-0.4, -0.2) is 19.9 Å². The van der Waals surface area contributed by atoms with E-state index in [4.69, 9.17) is 5.11 Å². The minimum atomic E-state index is 0.0851. The summed E-state index contributed by atoms with van der Waals surface area (Å²) in [4.78, 5) is 4.25. The number of hydrogen-bond donors (Lipinski definition) is 1. The van der Waals surface area contributed by atoms with Crippen LogP contribution >= 0.6 is 0 Å². The van der Waals surface area contributed by atoms with Gasteiger partial charge in [-0.2, -0.15) is 5.10 Å². The third kappa shape index (κ3) is 2.28. The largest absolute Gasteiger partial charge is 0.392 e. The average molecular weight is 217 g/mol. The van der Waals surface area contributed by atoms with Crippen LogP contribution in [0.25, 0.3) is 0 Å². The molecular weight excluding hydrogens is 202 g/mol. The standard InChI is InChI=1S/C12H15N3O/c1-9-13-10(2)15(14-9)7-11-3-5-12(8-16)6-4-11/h3-6,16H,7-8H2,1-2H3. The SMILES string of the molecule is Cc1nc(C)n(Cc2ccc(CO)cc2)n1. The molecule has 2 rings (SSSR count). The van der Waals surface area contributed by atoms with Crippen LogP contribution in [0.5, 0.6) is 0 Å². The Morgan fingerprint density at radius 1 is 1.12 bits per heavy atom. The maximum Gasteiger partial charge on any atom is 0.147 e. The molecule has 4 nitrogen and oxygen atoms in total. The van der Waals surface area contributed by atoms with E-state index in [9.17, 15) is 0 Å². The number of aromatic nitrogens is 3. The smallest absolute Gasteiger partial charge is 0.147 e. The van der Waals surface area contributed by atoms with Crippen molar-refractivity contribution in [3.8, 4) is 0 Å². The molecule has 0 unspecified atom stereocenters. The summed E-state index contributed by atoms with van der Waals surface area (Å²) < 4.78 is 1.88. The van der Waals surface area contributed by atoms with Crippen molar-refractivity contribution in [1.82, 2.24) is 14.8 Å². The van der Waals surface area contributed by atoms with Gasteiger partial charge in [0.25, 0.3) is 0 Å². The highest BCUT2D eigenvalue weighted by Crippen LogP contribution is 2.07. The first-order valence-electron chi connectivity index (χ1n) is 5.26. The van der Waals surface area contributed by atoms with Crippen molar-refractivity contribution in [2.75, 3.05) is 0 Å². The summed E-state index contributed by atoms with van der Waals surface area (Å²) in [6, 6.07) is 7.85. The number of aliphatic hydroxyl groups is 1. The minimum absolute atomic E-state index is 0.0851. The van der Waals surface area contributed by atoms with E-state index in [0.717, 1.165) is 29.3 Å². The van der Waals surface area contributed by atoms with Gasteiger partial charge in [0.1, 0.15) is 11.6 Å². The van der Waals surface area contributed by atoms with E-state index < -0.39 is 0 Å². The monoisotopic (exact) mass is 217 g/mol. The van der Waals surface area contributed by atoms with Gasteiger partial charge < -0.3 is 5.11 Å². The first kappa shape index (κ1) is 10.8. The van der Waals surface area contributed by atoms with Gasteiger partial charge >= 0.3 is 0 Å². The molecule has 1 heterocycles. The average Bonchev–Trinajstić information content (AvgIpc) is 2.59. The van der Waals surface area contributed by atoms with Gasteiger partial charge in [0, 0.05) is 0 Å². The fourth-order valence-corrected chi connectivity index (χ4v) is 1.63. The lowest BCUT2D eigenvalue weighted by molar-refractivity contribution is 0.282. The summed E-state index contributed by atoms with van der Waals surface area (Å²) in [6.45, 7) is 4.64. The molecule has 0 amide bonds. The van der Waals surface area contributed by atoms with Gasteiger partial charge in [0.2, 0.25) is 0 Å². The summed E-state index contributed by atoms with van der Waals surface area (Å²) >= 11 is 0. The van der Waals surface area contributed by atoms with E-state index in [1.165, 1.54) is 0 Å². The zero-order chi connectivity index (χ0) is 11.5. The second-order valence-electron chi connectivity index (χ2n) is 3.84. The minimum Gasteiger partial charge on any atom is -0.392 e. The number of benzene rings is 1. The molecule has 0 spiro atoms. The molecule has 16 heavy (non-hydrogen) atoms. The molecule has 0 aliphatic rings. The highest BCUT2D eigenvalue weighted by molar-refractivity contribution is 5.22. The summed E-state index contributed by atoms with van der Waals surface area (Å²) in [5.41, 5.74) is 2.08. The quantitative estimate of drug-likeness (QED) is 0.846. The molecule has 0 saturated carbocycles. The van der Waals surface area contributed by atoms with Gasteiger partial charge in [0.15, 0.2) is 0 Å². The van der Waals surface area contributed by atoms with Crippen molar-refractivity contribution in [1.29, 1.82) is 0 Å². The third-order valence-electron chi connectivity index (χ3n) is 2.50.